The van der Waals surface area contributed by atoms with Crippen molar-refractivity contribution >= 4 is 29.7 Å². The van der Waals surface area contributed by atoms with Crippen LogP contribution in [0.25, 0.3) is 6.08 Å². The maximum absolute atomic E-state index is 14.0. The summed E-state index contributed by atoms with van der Waals surface area (Å²) in [6.45, 7) is 2.98. The highest BCUT2D eigenvalue weighted by atomic mass is 32.2. The van der Waals surface area contributed by atoms with E-state index in [0.29, 0.717) is 13.1 Å². The van der Waals surface area contributed by atoms with Crippen molar-refractivity contribution < 1.29 is 18.4 Å². The molecule has 0 aromatic heterocycles. The largest absolute Gasteiger partial charge is 0.339 e. The molecule has 4 atom stereocenters. The van der Waals surface area contributed by atoms with Gasteiger partial charge in [0.15, 0.2) is 0 Å². The normalized spacial score (nSPS) is 30.3. The molecule has 1 aromatic rings. The standard InChI is InChI=1S/C22H27F2N5O2S/c1-28-5-2-12(3-6-28)20(30)27-22-26-16-4-7-29(11-19(16)32-22)21(31)18-10-14-15(24)8-13(23)9-17(14)25-18/h8-10,12,16,18-19,22,26H,2-7,11H2,1H3,(H,27,30). The van der Waals surface area contributed by atoms with Gasteiger partial charge in [0.25, 0.3) is 5.91 Å². The van der Waals surface area contributed by atoms with E-state index in [0.717, 1.165) is 44.5 Å². The number of carbonyl (C=O) groups excluding carboxylic acids is 2. The molecule has 0 spiro atoms. The zero-order valence-corrected chi connectivity index (χ0v) is 18.7. The lowest BCUT2D eigenvalue weighted by Crippen LogP contribution is -2.52. The zero-order chi connectivity index (χ0) is 22.4. The summed E-state index contributed by atoms with van der Waals surface area (Å²) in [5.41, 5.74) is -0.156. The van der Waals surface area contributed by atoms with Crippen molar-refractivity contribution in [1.82, 2.24) is 20.4 Å². The van der Waals surface area contributed by atoms with E-state index >= 15 is 0 Å². The summed E-state index contributed by atoms with van der Waals surface area (Å²) < 4.78 is 27.5. The third-order valence-corrected chi connectivity index (χ3v) is 8.19. The van der Waals surface area contributed by atoms with E-state index in [1.54, 1.807) is 16.7 Å². The first-order valence-electron chi connectivity index (χ1n) is 11.1. The highest BCUT2D eigenvalue weighted by Crippen LogP contribution is 2.32. The molecule has 3 saturated heterocycles. The number of hydrogen-bond donors (Lipinski definition) is 2. The van der Waals surface area contributed by atoms with Crippen LogP contribution in [0.2, 0.25) is 0 Å². The van der Waals surface area contributed by atoms with Crippen LogP contribution in [0.4, 0.5) is 8.78 Å². The lowest BCUT2D eigenvalue weighted by atomic mass is 9.96. The average molecular weight is 464 g/mol. The molecule has 1 aromatic carbocycles. The fourth-order valence-corrected chi connectivity index (χ4v) is 6.41. The highest BCUT2D eigenvalue weighted by molar-refractivity contribution is 8.00. The number of nitrogens with one attached hydrogen (secondary N) is 2. The second-order valence-electron chi connectivity index (χ2n) is 9.05. The second kappa shape index (κ2) is 8.72. The van der Waals surface area contributed by atoms with Crippen molar-refractivity contribution in [2.45, 2.75) is 42.1 Å². The SMILES string of the molecule is CN1CCC(C(=O)NC2NC3CCN(C(=O)C4C=c5c(F)cc(F)cc5=N4)CC3S2)CC1. The van der Waals surface area contributed by atoms with Crippen molar-refractivity contribution in [2.75, 3.05) is 33.2 Å². The summed E-state index contributed by atoms with van der Waals surface area (Å²) in [6.07, 6.45) is 4.00. The molecular weight excluding hydrogens is 436 g/mol. The van der Waals surface area contributed by atoms with Crippen molar-refractivity contribution in [3.63, 3.8) is 0 Å². The predicted octanol–water partition coefficient (Wildman–Crippen LogP) is -0.205. The van der Waals surface area contributed by atoms with Gasteiger partial charge in [-0.3, -0.25) is 19.9 Å². The summed E-state index contributed by atoms with van der Waals surface area (Å²) in [5.74, 6) is -1.44. The Morgan fingerprint density at radius 1 is 1.19 bits per heavy atom. The minimum atomic E-state index is -0.822. The molecule has 172 valence electrons. The third kappa shape index (κ3) is 4.27. The molecule has 0 saturated carbocycles. The maximum Gasteiger partial charge on any atom is 0.251 e. The number of amides is 2. The van der Waals surface area contributed by atoms with Crippen LogP contribution >= 0.6 is 11.8 Å². The van der Waals surface area contributed by atoms with Gasteiger partial charge in [-0.15, -0.1) is 11.8 Å². The number of likely N-dealkylation sites (tertiary alicyclic amines) is 2. The molecule has 32 heavy (non-hydrogen) atoms. The molecule has 0 bridgehead atoms. The quantitative estimate of drug-likeness (QED) is 0.649. The summed E-state index contributed by atoms with van der Waals surface area (Å²) in [4.78, 5) is 33.9. The summed E-state index contributed by atoms with van der Waals surface area (Å²) in [6, 6.07) is 1.37. The van der Waals surface area contributed by atoms with E-state index in [-0.39, 0.29) is 45.1 Å². The van der Waals surface area contributed by atoms with Gasteiger partial charge in [-0.2, -0.15) is 0 Å². The van der Waals surface area contributed by atoms with Crippen LogP contribution in [-0.2, 0) is 9.59 Å². The van der Waals surface area contributed by atoms with E-state index in [1.807, 2.05) is 0 Å². The number of benzene rings is 1. The lowest BCUT2D eigenvalue weighted by molar-refractivity contribution is -0.132. The van der Waals surface area contributed by atoms with Gasteiger partial charge in [-0.05, 0) is 51.5 Å². The van der Waals surface area contributed by atoms with Crippen LogP contribution in [0.1, 0.15) is 19.3 Å². The number of halogens is 2. The fourth-order valence-electron chi connectivity index (χ4n) is 4.95. The van der Waals surface area contributed by atoms with Crippen LogP contribution in [0.5, 0.6) is 0 Å². The van der Waals surface area contributed by atoms with Gasteiger partial charge in [-0.25, -0.2) is 8.78 Å². The Bertz CT molecular complexity index is 1050. The summed E-state index contributed by atoms with van der Waals surface area (Å²) in [5, 5.41) is 7.15. The summed E-state index contributed by atoms with van der Waals surface area (Å²) in [7, 11) is 2.07. The van der Waals surface area contributed by atoms with Gasteiger partial charge in [0.2, 0.25) is 5.91 Å². The first kappa shape index (κ1) is 21.8. The van der Waals surface area contributed by atoms with E-state index in [2.05, 4.69) is 27.6 Å². The van der Waals surface area contributed by atoms with Crippen LogP contribution in [0.15, 0.2) is 17.1 Å². The van der Waals surface area contributed by atoms with E-state index < -0.39 is 17.7 Å². The monoisotopic (exact) mass is 463 g/mol. The molecule has 7 nitrogen and oxygen atoms in total. The molecule has 4 heterocycles. The Hall–Kier alpha value is -2.04. The van der Waals surface area contributed by atoms with Crippen molar-refractivity contribution in [1.29, 1.82) is 0 Å². The molecule has 2 amide bonds. The molecule has 4 unspecified atom stereocenters. The number of hydrogen-bond acceptors (Lipinski definition) is 6. The van der Waals surface area contributed by atoms with Crippen LogP contribution in [0, 0.1) is 17.6 Å². The molecule has 10 heteroatoms. The topological polar surface area (TPSA) is 77.0 Å². The number of rotatable bonds is 3. The summed E-state index contributed by atoms with van der Waals surface area (Å²) >= 11 is 1.65. The molecule has 2 N–H and O–H groups in total. The minimum absolute atomic E-state index is 0.0562. The van der Waals surface area contributed by atoms with Crippen molar-refractivity contribution in [3.8, 4) is 0 Å². The van der Waals surface area contributed by atoms with Gasteiger partial charge < -0.3 is 15.1 Å². The first-order chi connectivity index (χ1) is 15.4. The Labute approximate surface area is 189 Å². The molecule has 3 fully saturated rings. The van der Waals surface area contributed by atoms with Crippen LogP contribution < -0.4 is 21.2 Å². The molecule has 4 aliphatic heterocycles. The van der Waals surface area contributed by atoms with Gasteiger partial charge >= 0.3 is 0 Å². The van der Waals surface area contributed by atoms with E-state index in [9.17, 15) is 18.4 Å². The van der Waals surface area contributed by atoms with Crippen molar-refractivity contribution in [3.05, 3.63) is 34.3 Å². The Morgan fingerprint density at radius 2 is 1.97 bits per heavy atom. The second-order valence-corrected chi connectivity index (χ2v) is 10.4. The van der Waals surface area contributed by atoms with Gasteiger partial charge in [0, 0.05) is 41.6 Å². The van der Waals surface area contributed by atoms with Gasteiger partial charge in [0.1, 0.15) is 23.2 Å². The number of fused-ring (bicyclic) bond motifs is 2. The predicted molar refractivity (Wildman–Crippen MR) is 117 cm³/mol. The highest BCUT2D eigenvalue weighted by Gasteiger charge is 2.41. The molecular formula is C22H27F2N5O2S. The molecule has 5 rings (SSSR count). The maximum atomic E-state index is 14.0. The number of nitrogens with zero attached hydrogens (tertiary/aromatic N) is 3. The Balaban J connectivity index is 1.18. The van der Waals surface area contributed by atoms with Gasteiger partial charge in [0.05, 0.1) is 5.36 Å². The third-order valence-electron chi connectivity index (χ3n) is 6.84. The van der Waals surface area contributed by atoms with Crippen LogP contribution in [-0.4, -0.2) is 77.7 Å². The molecule has 4 aliphatic rings. The molecule has 0 aliphatic carbocycles. The smallest absolute Gasteiger partial charge is 0.251 e. The minimum Gasteiger partial charge on any atom is -0.339 e. The lowest BCUT2D eigenvalue weighted by Gasteiger charge is -2.34. The van der Waals surface area contributed by atoms with E-state index in [4.69, 9.17) is 0 Å². The Kier molecular flexibility index (Phi) is 5.94. The van der Waals surface area contributed by atoms with E-state index in [1.165, 1.54) is 6.08 Å². The van der Waals surface area contributed by atoms with Gasteiger partial charge in [-0.1, -0.05) is 0 Å². The number of piperidine rings is 2. The van der Waals surface area contributed by atoms with Crippen LogP contribution in [0.3, 0.4) is 0 Å². The zero-order valence-electron chi connectivity index (χ0n) is 17.9. The number of carbonyl (C=O) groups is 2. The first-order valence-corrected chi connectivity index (χ1v) is 12.1. The number of thioether (sulfide) groups is 1. The fraction of sp³-hybridized carbons (Fsp3) is 0.591. The van der Waals surface area contributed by atoms with Crippen molar-refractivity contribution in [2.24, 2.45) is 10.9 Å². The average Bonchev–Trinajstić information content (AvgIpc) is 3.36. The molecule has 0 radical (unpaired) electrons. The Morgan fingerprint density at radius 3 is 2.75 bits per heavy atom.